The van der Waals surface area contributed by atoms with Crippen LogP contribution in [-0.2, 0) is 11.5 Å². The van der Waals surface area contributed by atoms with Crippen LogP contribution in [-0.4, -0.2) is 9.97 Å². The summed E-state index contributed by atoms with van der Waals surface area (Å²) < 4.78 is 0. The molecule has 0 saturated carbocycles. The molecule has 0 aliphatic carbocycles. The van der Waals surface area contributed by atoms with Crippen LogP contribution in [0.5, 0.6) is 0 Å². The van der Waals surface area contributed by atoms with Gasteiger partial charge < -0.3 is 5.73 Å². The van der Waals surface area contributed by atoms with Gasteiger partial charge in [-0.05, 0) is 29.1 Å². The number of hydrogen-bond donors (Lipinski definition) is 1. The zero-order chi connectivity index (χ0) is 13.9. The fourth-order valence-electron chi connectivity index (χ4n) is 1.83. The molecule has 2 heterocycles. The standard InChI is InChI=1S/C14H12ClN3S2/c15-10-3-1-9(2-4-10)7-19-8-12-17-13(16)11-5-6-20-14(11)18-12/h1-6H,7-8H2,(H2,16,17,18). The summed E-state index contributed by atoms with van der Waals surface area (Å²) in [4.78, 5) is 9.84. The van der Waals surface area contributed by atoms with Crippen molar-refractivity contribution in [3.8, 4) is 0 Å². The number of rotatable bonds is 4. The molecule has 0 radical (unpaired) electrons. The van der Waals surface area contributed by atoms with Crippen molar-refractivity contribution in [2.45, 2.75) is 11.5 Å². The van der Waals surface area contributed by atoms with Gasteiger partial charge in [0.1, 0.15) is 16.5 Å². The summed E-state index contributed by atoms with van der Waals surface area (Å²) >= 11 is 9.22. The Morgan fingerprint density at radius 2 is 1.90 bits per heavy atom. The Kier molecular flexibility index (Phi) is 4.10. The summed E-state index contributed by atoms with van der Waals surface area (Å²) in [6.07, 6.45) is 0. The van der Waals surface area contributed by atoms with Crippen LogP contribution in [0.25, 0.3) is 10.2 Å². The Morgan fingerprint density at radius 1 is 1.10 bits per heavy atom. The van der Waals surface area contributed by atoms with E-state index in [0.717, 1.165) is 32.6 Å². The summed E-state index contributed by atoms with van der Waals surface area (Å²) in [6.45, 7) is 0. The van der Waals surface area contributed by atoms with Crippen molar-refractivity contribution in [2.75, 3.05) is 5.73 Å². The van der Waals surface area contributed by atoms with Crippen molar-refractivity contribution in [3.05, 3.63) is 52.1 Å². The molecule has 0 saturated heterocycles. The van der Waals surface area contributed by atoms with Crippen molar-refractivity contribution in [1.29, 1.82) is 0 Å². The third kappa shape index (κ3) is 3.06. The average Bonchev–Trinajstić information content (AvgIpc) is 2.90. The lowest BCUT2D eigenvalue weighted by atomic mass is 10.2. The van der Waals surface area contributed by atoms with Crippen LogP contribution in [0, 0.1) is 0 Å². The van der Waals surface area contributed by atoms with Crippen LogP contribution in [0.4, 0.5) is 5.82 Å². The average molecular weight is 322 g/mol. The maximum absolute atomic E-state index is 5.93. The van der Waals surface area contributed by atoms with E-state index in [1.54, 1.807) is 23.1 Å². The van der Waals surface area contributed by atoms with Gasteiger partial charge in [0.25, 0.3) is 0 Å². The zero-order valence-corrected chi connectivity index (χ0v) is 12.9. The first kappa shape index (κ1) is 13.7. The van der Waals surface area contributed by atoms with Crippen LogP contribution in [0.1, 0.15) is 11.4 Å². The maximum atomic E-state index is 5.93. The Bertz CT molecular complexity index is 725. The fourth-order valence-corrected chi connectivity index (χ4v) is 3.59. The number of nitrogen functional groups attached to an aromatic ring is 1. The van der Waals surface area contributed by atoms with Gasteiger partial charge in [0, 0.05) is 10.8 Å². The minimum absolute atomic E-state index is 0.568. The number of fused-ring (bicyclic) bond motifs is 1. The highest BCUT2D eigenvalue weighted by Gasteiger charge is 2.06. The number of halogens is 1. The quantitative estimate of drug-likeness (QED) is 0.775. The number of anilines is 1. The first-order chi connectivity index (χ1) is 9.72. The normalized spacial score (nSPS) is 11.1. The van der Waals surface area contributed by atoms with Crippen LogP contribution in [0.3, 0.4) is 0 Å². The molecule has 102 valence electrons. The van der Waals surface area contributed by atoms with E-state index >= 15 is 0 Å². The monoisotopic (exact) mass is 321 g/mol. The smallest absolute Gasteiger partial charge is 0.142 e. The van der Waals surface area contributed by atoms with Crippen molar-refractivity contribution < 1.29 is 0 Å². The Morgan fingerprint density at radius 3 is 2.70 bits per heavy atom. The molecular formula is C14H12ClN3S2. The number of hydrogen-bond acceptors (Lipinski definition) is 5. The topological polar surface area (TPSA) is 51.8 Å². The highest BCUT2D eigenvalue weighted by molar-refractivity contribution is 7.97. The Hall–Kier alpha value is -1.30. The molecule has 0 aliphatic heterocycles. The first-order valence-corrected chi connectivity index (χ1v) is 8.45. The van der Waals surface area contributed by atoms with Gasteiger partial charge in [-0.15, -0.1) is 23.1 Å². The molecule has 0 atom stereocenters. The number of thioether (sulfide) groups is 1. The summed E-state index contributed by atoms with van der Waals surface area (Å²) in [5.74, 6) is 3.01. The summed E-state index contributed by atoms with van der Waals surface area (Å²) in [5, 5.41) is 3.69. The van der Waals surface area contributed by atoms with Gasteiger partial charge in [-0.1, -0.05) is 23.7 Å². The number of nitrogens with zero attached hydrogens (tertiary/aromatic N) is 2. The minimum atomic E-state index is 0.568. The molecule has 0 aliphatic rings. The predicted molar refractivity (Wildman–Crippen MR) is 88.3 cm³/mol. The largest absolute Gasteiger partial charge is 0.383 e. The van der Waals surface area contributed by atoms with E-state index in [4.69, 9.17) is 17.3 Å². The van der Waals surface area contributed by atoms with Crippen LogP contribution >= 0.6 is 34.7 Å². The number of thiophene rings is 1. The van der Waals surface area contributed by atoms with Gasteiger partial charge in [0.05, 0.1) is 11.1 Å². The van der Waals surface area contributed by atoms with Crippen molar-refractivity contribution in [3.63, 3.8) is 0 Å². The lowest BCUT2D eigenvalue weighted by Crippen LogP contribution is -1.98. The third-order valence-corrected chi connectivity index (χ3v) is 4.87. The van der Waals surface area contributed by atoms with Crippen LogP contribution in [0.15, 0.2) is 35.7 Å². The van der Waals surface area contributed by atoms with E-state index in [1.807, 2.05) is 35.7 Å². The highest BCUT2D eigenvalue weighted by atomic mass is 35.5. The lowest BCUT2D eigenvalue weighted by Gasteiger charge is -2.03. The number of aromatic nitrogens is 2. The second kappa shape index (κ2) is 5.99. The van der Waals surface area contributed by atoms with Crippen molar-refractivity contribution in [2.24, 2.45) is 0 Å². The van der Waals surface area contributed by atoms with E-state index in [1.165, 1.54) is 5.56 Å². The maximum Gasteiger partial charge on any atom is 0.142 e. The molecule has 3 nitrogen and oxygen atoms in total. The van der Waals surface area contributed by atoms with Gasteiger partial charge in [-0.2, -0.15) is 0 Å². The minimum Gasteiger partial charge on any atom is -0.383 e. The van der Waals surface area contributed by atoms with E-state index in [0.29, 0.717) is 5.82 Å². The van der Waals surface area contributed by atoms with E-state index in [-0.39, 0.29) is 0 Å². The molecule has 0 amide bonds. The molecule has 2 aromatic heterocycles. The molecule has 6 heteroatoms. The van der Waals surface area contributed by atoms with E-state index in [2.05, 4.69) is 9.97 Å². The zero-order valence-electron chi connectivity index (χ0n) is 10.5. The lowest BCUT2D eigenvalue weighted by molar-refractivity contribution is 1.08. The Balaban J connectivity index is 1.66. The first-order valence-electron chi connectivity index (χ1n) is 6.04. The third-order valence-electron chi connectivity index (χ3n) is 2.81. The van der Waals surface area contributed by atoms with Gasteiger partial charge in [0.2, 0.25) is 0 Å². The SMILES string of the molecule is Nc1nc(CSCc2ccc(Cl)cc2)nc2sccc12. The highest BCUT2D eigenvalue weighted by Crippen LogP contribution is 2.25. The van der Waals surface area contributed by atoms with Gasteiger partial charge >= 0.3 is 0 Å². The predicted octanol–water partition coefficient (Wildman–Crippen LogP) is 4.36. The molecule has 1 aromatic carbocycles. The number of benzene rings is 1. The second-order valence-electron chi connectivity index (χ2n) is 4.28. The second-order valence-corrected chi connectivity index (χ2v) is 6.60. The molecule has 3 rings (SSSR count). The van der Waals surface area contributed by atoms with Crippen LogP contribution < -0.4 is 5.73 Å². The summed E-state index contributed by atoms with van der Waals surface area (Å²) in [7, 11) is 0. The van der Waals surface area contributed by atoms with E-state index in [9.17, 15) is 0 Å². The number of nitrogens with two attached hydrogens (primary N) is 1. The Labute approximate surface area is 130 Å². The molecule has 20 heavy (non-hydrogen) atoms. The van der Waals surface area contributed by atoms with Crippen molar-refractivity contribution >= 4 is 50.7 Å². The van der Waals surface area contributed by atoms with Crippen molar-refractivity contribution in [1.82, 2.24) is 9.97 Å². The summed E-state index contributed by atoms with van der Waals surface area (Å²) in [6, 6.07) is 9.84. The molecule has 0 unspecified atom stereocenters. The van der Waals surface area contributed by atoms with Gasteiger partial charge in [0.15, 0.2) is 0 Å². The van der Waals surface area contributed by atoms with E-state index < -0.39 is 0 Å². The van der Waals surface area contributed by atoms with Gasteiger partial charge in [-0.3, -0.25) is 0 Å². The molecule has 0 bridgehead atoms. The molecule has 0 spiro atoms. The molecule has 0 fully saturated rings. The summed E-state index contributed by atoms with van der Waals surface area (Å²) in [5.41, 5.74) is 7.17. The molecule has 3 aromatic rings. The van der Waals surface area contributed by atoms with Gasteiger partial charge in [-0.25, -0.2) is 9.97 Å². The fraction of sp³-hybridized carbons (Fsp3) is 0.143. The molecular weight excluding hydrogens is 310 g/mol. The molecule has 2 N–H and O–H groups in total. The van der Waals surface area contributed by atoms with Crippen LogP contribution in [0.2, 0.25) is 5.02 Å².